The highest BCUT2D eigenvalue weighted by Gasteiger charge is 2.62. The highest BCUT2D eigenvalue weighted by molar-refractivity contribution is 6.28. The van der Waals surface area contributed by atoms with Crippen LogP contribution in [0.2, 0.25) is 0 Å². The molecule has 20 rings (SSSR count). The fourth-order valence-corrected chi connectivity index (χ4v) is 22.8. The van der Waals surface area contributed by atoms with Crippen molar-refractivity contribution in [3.8, 4) is 0 Å². The Morgan fingerprint density at radius 2 is 0.798 bits per heavy atom. The molecule has 12 unspecified atom stereocenters. The molecule has 19 aliphatic rings. The van der Waals surface area contributed by atoms with Crippen LogP contribution in [0.3, 0.4) is 0 Å². The summed E-state index contributed by atoms with van der Waals surface area (Å²) in [6, 6.07) is 6.74. The van der Waals surface area contributed by atoms with E-state index in [-0.39, 0.29) is 38.9 Å². The van der Waals surface area contributed by atoms with Crippen LogP contribution in [0.5, 0.6) is 0 Å². The number of fused-ring (bicyclic) bond motifs is 6. The predicted molar refractivity (Wildman–Crippen MR) is 343 cm³/mol. The molecular weight excluding hydrogens is 1020 g/mol. The molecule has 1 aliphatic heterocycles. The van der Waals surface area contributed by atoms with Gasteiger partial charge in [0.2, 0.25) is 0 Å². The molecule has 451 valence electrons. The van der Waals surface area contributed by atoms with Gasteiger partial charge in [-0.2, -0.15) is 0 Å². The van der Waals surface area contributed by atoms with E-state index in [0.29, 0.717) is 66.1 Å². The fourth-order valence-electron chi connectivity index (χ4n) is 22.8. The first kappa shape index (κ1) is 57.9. The van der Waals surface area contributed by atoms with Crippen molar-refractivity contribution in [2.45, 2.75) is 242 Å². The summed E-state index contributed by atoms with van der Waals surface area (Å²) in [4.78, 5) is 48.2. The lowest BCUT2D eigenvalue weighted by Crippen LogP contribution is -2.64. The number of nitrogens with zero attached hydrogens (tertiary/aromatic N) is 2. The van der Waals surface area contributed by atoms with E-state index in [1.807, 2.05) is 0 Å². The van der Waals surface area contributed by atoms with Gasteiger partial charge in [0.1, 0.15) is 5.54 Å². The Labute approximate surface area is 508 Å². The van der Waals surface area contributed by atoms with Gasteiger partial charge in [-0.15, -0.1) is 0 Å². The van der Waals surface area contributed by atoms with Gasteiger partial charge in [-0.3, -0.25) is 14.4 Å². The summed E-state index contributed by atoms with van der Waals surface area (Å²) in [5.74, 6) is 7.51. The first-order chi connectivity index (χ1) is 39.8. The molecule has 0 N–H and O–H groups in total. The van der Waals surface area contributed by atoms with E-state index in [4.69, 9.17) is 5.32 Å². The molecule has 1 aromatic carbocycles. The largest absolute Gasteiger partial charge is 0.298 e. The molecule has 18 aliphatic carbocycles. The van der Waals surface area contributed by atoms with Crippen LogP contribution < -0.4 is 10.2 Å². The minimum Gasteiger partial charge on any atom is -0.298 e. The zero-order valence-corrected chi connectivity index (χ0v) is 54.4. The van der Waals surface area contributed by atoms with Crippen LogP contribution >= 0.6 is 0 Å². The number of anilines is 1. The van der Waals surface area contributed by atoms with E-state index < -0.39 is 11.0 Å². The van der Waals surface area contributed by atoms with Crippen LogP contribution in [0.15, 0.2) is 100 Å². The van der Waals surface area contributed by atoms with Crippen molar-refractivity contribution >= 4 is 23.3 Å². The first-order valence-corrected chi connectivity index (χ1v) is 34.8. The summed E-state index contributed by atoms with van der Waals surface area (Å²) in [5, 5.41) is 6.56. The Balaban J connectivity index is 0.982. The number of hydrogen-bond acceptors (Lipinski definition) is 3. The number of ketones is 1. The number of Topliss-reactive ketones (excluding diaryl/α,β-unsaturated/α-hetero) is 1. The first-order valence-electron chi connectivity index (χ1n) is 34.8. The molecule has 6 fully saturated rings. The van der Waals surface area contributed by atoms with Gasteiger partial charge in [0, 0.05) is 30.5 Å². The smallest absolute Gasteiger partial charge is 0.258 e. The maximum Gasteiger partial charge on any atom is 0.258 e. The lowest BCUT2D eigenvalue weighted by molar-refractivity contribution is -0.130. The van der Waals surface area contributed by atoms with Gasteiger partial charge in [-0.25, -0.2) is 10.2 Å². The minimum absolute atomic E-state index is 0.252. The van der Waals surface area contributed by atoms with Crippen molar-refractivity contribution in [3.05, 3.63) is 111 Å². The van der Waals surface area contributed by atoms with Gasteiger partial charge in [0.25, 0.3) is 11.8 Å². The SMILES string of the molecule is CC1(C)C2CC=C(CC[N][C@](CCC3=CCC4CC3C4(C)C)(C(=O)CCC3=CCC4CC3C4(C)C)C(CCC3=CCC4CC3C4(C)C)(CCC3=CCC4CC3C4(C)C)c3cccc(N4C(=O)C=CC4=O)c3CCC3=CCC4CC3C4(C)C)C1C2. The van der Waals surface area contributed by atoms with Gasteiger partial charge in [0.05, 0.1) is 5.69 Å². The van der Waals surface area contributed by atoms with Crippen LogP contribution in [0.25, 0.3) is 0 Å². The molecule has 13 atom stereocenters. The highest BCUT2D eigenvalue weighted by Crippen LogP contribution is 2.67. The second kappa shape index (κ2) is 20.1. The van der Waals surface area contributed by atoms with Crippen molar-refractivity contribution in [1.29, 1.82) is 0 Å². The molecular formula is C79H107N2O3. The number of benzene rings is 1. The average Bonchev–Trinajstić information content (AvgIpc) is 3.71. The van der Waals surface area contributed by atoms with Crippen LogP contribution in [0.1, 0.15) is 235 Å². The summed E-state index contributed by atoms with van der Waals surface area (Å²) in [5.41, 5.74) is 12.3. The third-order valence-corrected chi connectivity index (χ3v) is 30.0. The number of allylic oxidation sites excluding steroid dienone is 11. The third kappa shape index (κ3) is 8.56. The molecule has 6 saturated carbocycles. The minimum atomic E-state index is -1.09. The van der Waals surface area contributed by atoms with Crippen LogP contribution in [-0.2, 0) is 26.2 Å². The molecule has 12 bridgehead atoms. The number of carbonyl (C=O) groups excluding carboxylic acids is 3. The summed E-state index contributed by atoms with van der Waals surface area (Å²) in [6.45, 7) is 30.8. The Bertz CT molecular complexity index is 3070. The molecule has 5 nitrogen and oxygen atoms in total. The number of rotatable bonds is 23. The van der Waals surface area contributed by atoms with E-state index in [1.165, 1.54) is 66.7 Å². The normalized spacial score (nSPS) is 36.9. The number of carbonyl (C=O) groups is 3. The number of imide groups is 1. The van der Waals surface area contributed by atoms with Crippen LogP contribution in [0, 0.1) is 104 Å². The van der Waals surface area contributed by atoms with Gasteiger partial charge in [-0.1, -0.05) is 165 Å². The van der Waals surface area contributed by atoms with Gasteiger partial charge in [-0.05, 0) is 262 Å². The Morgan fingerprint density at radius 3 is 1.17 bits per heavy atom. The lowest BCUT2D eigenvalue weighted by Gasteiger charge is -2.59. The van der Waals surface area contributed by atoms with Crippen molar-refractivity contribution < 1.29 is 14.4 Å². The van der Waals surface area contributed by atoms with Crippen LogP contribution in [-0.4, -0.2) is 29.7 Å². The number of amides is 2. The molecule has 84 heavy (non-hydrogen) atoms. The second-order valence-electron chi connectivity index (χ2n) is 34.6. The third-order valence-electron chi connectivity index (χ3n) is 30.0. The molecule has 5 heteroatoms. The maximum absolute atomic E-state index is 17.8. The van der Waals surface area contributed by atoms with Crippen molar-refractivity contribution in [2.75, 3.05) is 11.4 Å². The van der Waals surface area contributed by atoms with Crippen molar-refractivity contribution in [3.63, 3.8) is 0 Å². The molecule has 1 heterocycles. The van der Waals surface area contributed by atoms with Gasteiger partial charge in [0.15, 0.2) is 5.78 Å². The van der Waals surface area contributed by atoms with Gasteiger partial charge < -0.3 is 0 Å². The monoisotopic (exact) mass is 1130 g/mol. The zero-order valence-electron chi connectivity index (χ0n) is 54.4. The van der Waals surface area contributed by atoms with Crippen molar-refractivity contribution in [2.24, 2.45) is 104 Å². The van der Waals surface area contributed by atoms with E-state index in [1.54, 1.807) is 27.9 Å². The van der Waals surface area contributed by atoms with E-state index in [0.717, 1.165) is 143 Å². The summed E-state index contributed by atoms with van der Waals surface area (Å²) >= 11 is 0. The predicted octanol–water partition coefficient (Wildman–Crippen LogP) is 18.7. The fraction of sp³-hybridized carbons (Fsp3) is 0.709. The van der Waals surface area contributed by atoms with Gasteiger partial charge >= 0.3 is 0 Å². The number of hydrogen-bond donors (Lipinski definition) is 0. The topological polar surface area (TPSA) is 68.6 Å². The Morgan fingerprint density at radius 1 is 0.452 bits per heavy atom. The highest BCUT2D eigenvalue weighted by atomic mass is 16.2. The van der Waals surface area contributed by atoms with E-state index >= 15 is 4.79 Å². The van der Waals surface area contributed by atoms with Crippen LogP contribution in [0.4, 0.5) is 5.69 Å². The zero-order chi connectivity index (χ0) is 58.9. The molecule has 0 saturated heterocycles. The van der Waals surface area contributed by atoms with E-state index in [9.17, 15) is 9.59 Å². The molecule has 0 aromatic heterocycles. The lowest BCUT2D eigenvalue weighted by atomic mass is 9.46. The van der Waals surface area contributed by atoms with E-state index in [2.05, 4.69) is 138 Å². The standard InChI is InChI=1S/C79H107N2O3/c1-72(2)54-24-16-48(62(72)42-54)22-30-60-61(14-13-15-68(60)81-70(83)32-33-71(81)84)78(38-34-50-18-26-56-44-64(50)74(56,5)6,39-35-51-19-27-57-45-65(51)75(57,7)8)79(40-36-52-20-28-58-46-66(52)76(58,9)10,80-41-37-53-21-29-59-47-67(53)77(59,11)12)69(82)31-23-49-17-25-55-43-63(49)73(55,3)4/h13-21,32-33,54-59,62-67H,22-31,34-47H2,1-12H3/t54?,55?,56?,57?,58?,59?,62?,63?,64?,65?,66?,67?,78?,79-/m1/s1. The Hall–Kier alpha value is -3.83. The summed E-state index contributed by atoms with van der Waals surface area (Å²) < 4.78 is 0. The molecule has 0 spiro atoms. The quantitative estimate of drug-likeness (QED) is 0.0810. The second-order valence-corrected chi connectivity index (χ2v) is 34.6. The van der Waals surface area contributed by atoms with Crippen molar-refractivity contribution in [1.82, 2.24) is 5.32 Å². The molecule has 1 radical (unpaired) electrons. The molecule has 2 amide bonds. The summed E-state index contributed by atoms with van der Waals surface area (Å²) in [6.07, 6.45) is 41.9. The Kier molecular flexibility index (Phi) is 13.8. The maximum atomic E-state index is 17.8. The molecule has 1 aromatic rings. The summed E-state index contributed by atoms with van der Waals surface area (Å²) in [7, 11) is 0. The average molecular weight is 1130 g/mol.